The molecule has 1 aliphatic heterocycles. The molecular formula is C20H21NO3. The van der Waals surface area contributed by atoms with E-state index in [1.165, 1.54) is 11.8 Å². The van der Waals surface area contributed by atoms with Crippen LogP contribution in [0.3, 0.4) is 0 Å². The van der Waals surface area contributed by atoms with Gasteiger partial charge >= 0.3 is 6.09 Å². The molecule has 1 atom stereocenters. The fraction of sp³-hybridized carbons (Fsp3) is 0.300. The molecule has 0 aliphatic carbocycles. The lowest BCUT2D eigenvalue weighted by molar-refractivity contribution is -0.128. The van der Waals surface area contributed by atoms with Crippen molar-refractivity contribution in [1.82, 2.24) is 4.90 Å². The predicted octanol–water partition coefficient (Wildman–Crippen LogP) is 3.95. The van der Waals surface area contributed by atoms with Crippen molar-refractivity contribution in [2.24, 2.45) is 5.92 Å². The lowest BCUT2D eigenvalue weighted by atomic mass is 9.76. The van der Waals surface area contributed by atoms with Crippen molar-refractivity contribution in [2.75, 3.05) is 0 Å². The van der Waals surface area contributed by atoms with Gasteiger partial charge in [-0.2, -0.15) is 0 Å². The van der Waals surface area contributed by atoms with Gasteiger partial charge in [-0.05, 0) is 5.92 Å². The summed E-state index contributed by atoms with van der Waals surface area (Å²) in [5.41, 5.74) is 0.735. The van der Waals surface area contributed by atoms with Crippen LogP contribution >= 0.6 is 0 Å². The van der Waals surface area contributed by atoms with Crippen molar-refractivity contribution in [3.63, 3.8) is 0 Å². The number of hydrogen-bond donors (Lipinski definition) is 0. The Balaban J connectivity index is 2.29. The number of rotatable bonds is 3. The second-order valence-corrected chi connectivity index (χ2v) is 6.41. The molecule has 0 spiro atoms. The van der Waals surface area contributed by atoms with Crippen LogP contribution in [0.1, 0.15) is 31.9 Å². The molecule has 3 rings (SSSR count). The second kappa shape index (κ2) is 6.11. The Hall–Kier alpha value is -2.62. The summed E-state index contributed by atoms with van der Waals surface area (Å²) in [6.45, 7) is 5.41. The van der Waals surface area contributed by atoms with E-state index < -0.39 is 17.7 Å². The van der Waals surface area contributed by atoms with Gasteiger partial charge in [0.1, 0.15) is 0 Å². The average Bonchev–Trinajstić information content (AvgIpc) is 2.91. The molecule has 124 valence electrons. The molecule has 4 heteroatoms. The highest BCUT2D eigenvalue weighted by Gasteiger charge is 2.58. The maximum absolute atomic E-state index is 12.6. The van der Waals surface area contributed by atoms with Crippen LogP contribution in [0.15, 0.2) is 60.7 Å². The Morgan fingerprint density at radius 1 is 1.00 bits per heavy atom. The summed E-state index contributed by atoms with van der Waals surface area (Å²) in [7, 11) is 0. The Bertz CT molecular complexity index is 700. The van der Waals surface area contributed by atoms with Gasteiger partial charge in [0.05, 0.1) is 6.04 Å². The Morgan fingerprint density at radius 3 is 1.83 bits per heavy atom. The van der Waals surface area contributed by atoms with E-state index in [2.05, 4.69) is 0 Å². The minimum atomic E-state index is -1.00. The van der Waals surface area contributed by atoms with Crippen LogP contribution < -0.4 is 0 Å². The molecule has 1 fully saturated rings. The van der Waals surface area contributed by atoms with E-state index in [4.69, 9.17) is 4.74 Å². The van der Waals surface area contributed by atoms with Gasteiger partial charge < -0.3 is 4.74 Å². The fourth-order valence-corrected chi connectivity index (χ4v) is 3.63. The van der Waals surface area contributed by atoms with E-state index in [9.17, 15) is 9.59 Å². The summed E-state index contributed by atoms with van der Waals surface area (Å²) in [5, 5.41) is 0. The molecule has 1 saturated heterocycles. The van der Waals surface area contributed by atoms with Crippen LogP contribution in [-0.4, -0.2) is 22.9 Å². The van der Waals surface area contributed by atoms with Gasteiger partial charge in [-0.3, -0.25) is 4.79 Å². The van der Waals surface area contributed by atoms with Crippen LogP contribution in [0.5, 0.6) is 0 Å². The number of amides is 2. The largest absolute Gasteiger partial charge is 0.430 e. The third-order valence-electron chi connectivity index (χ3n) is 4.52. The van der Waals surface area contributed by atoms with Crippen LogP contribution in [-0.2, 0) is 15.1 Å². The van der Waals surface area contributed by atoms with Gasteiger partial charge in [0, 0.05) is 18.1 Å². The summed E-state index contributed by atoms with van der Waals surface area (Å²) in [5.74, 6) is -0.270. The maximum Gasteiger partial charge on any atom is 0.418 e. The maximum atomic E-state index is 12.6. The summed E-state index contributed by atoms with van der Waals surface area (Å²) in [4.78, 5) is 26.0. The van der Waals surface area contributed by atoms with Crippen LogP contribution in [0.4, 0.5) is 4.79 Å². The molecule has 0 bridgehead atoms. The standard InChI is InChI=1S/C20H21NO3/c1-14(2)18-20(16-10-6-4-7-11-16,17-12-8-5-9-13-17)24-19(23)21(18)15(3)22/h4-14,18H,1-3H3/t18-/m0/s1. The van der Waals surface area contributed by atoms with Crippen molar-refractivity contribution >= 4 is 12.0 Å². The van der Waals surface area contributed by atoms with Crippen LogP contribution in [0.2, 0.25) is 0 Å². The van der Waals surface area contributed by atoms with E-state index in [0.29, 0.717) is 0 Å². The summed E-state index contributed by atoms with van der Waals surface area (Å²) >= 11 is 0. The molecule has 4 nitrogen and oxygen atoms in total. The van der Waals surface area contributed by atoms with Crippen molar-refractivity contribution in [3.8, 4) is 0 Å². The fourth-order valence-electron chi connectivity index (χ4n) is 3.63. The molecule has 0 saturated carbocycles. The third-order valence-corrected chi connectivity index (χ3v) is 4.52. The number of carbonyl (C=O) groups is 2. The number of cyclic esters (lactones) is 1. The van der Waals surface area contributed by atoms with Gasteiger partial charge in [0.2, 0.25) is 5.91 Å². The van der Waals surface area contributed by atoms with E-state index in [0.717, 1.165) is 11.1 Å². The van der Waals surface area contributed by atoms with Crippen molar-refractivity contribution < 1.29 is 14.3 Å². The lowest BCUT2D eigenvalue weighted by Crippen LogP contribution is -2.49. The zero-order valence-electron chi connectivity index (χ0n) is 14.1. The molecule has 0 radical (unpaired) electrons. The topological polar surface area (TPSA) is 46.6 Å². The van der Waals surface area contributed by atoms with Gasteiger partial charge in [-0.1, -0.05) is 74.5 Å². The quantitative estimate of drug-likeness (QED) is 0.859. The molecule has 2 amide bonds. The average molecular weight is 323 g/mol. The first-order chi connectivity index (χ1) is 11.5. The van der Waals surface area contributed by atoms with E-state index in [1.807, 2.05) is 74.5 Å². The zero-order valence-corrected chi connectivity index (χ0v) is 14.1. The summed E-state index contributed by atoms with van der Waals surface area (Å²) in [6.07, 6.45) is -0.589. The molecule has 1 heterocycles. The van der Waals surface area contributed by atoms with Crippen LogP contribution in [0, 0.1) is 5.92 Å². The Labute approximate surface area is 142 Å². The highest BCUT2D eigenvalue weighted by Crippen LogP contribution is 2.47. The molecule has 0 aromatic heterocycles. The number of carbonyl (C=O) groups excluding carboxylic acids is 2. The molecule has 0 unspecified atom stereocenters. The molecule has 0 N–H and O–H groups in total. The highest BCUT2D eigenvalue weighted by atomic mass is 16.6. The smallest absolute Gasteiger partial charge is 0.418 e. The number of benzene rings is 2. The third kappa shape index (κ3) is 2.39. The normalized spacial score (nSPS) is 19.4. The Kier molecular flexibility index (Phi) is 4.14. The van der Waals surface area contributed by atoms with Crippen molar-refractivity contribution in [2.45, 2.75) is 32.4 Å². The number of ether oxygens (including phenoxy) is 1. The van der Waals surface area contributed by atoms with Gasteiger partial charge in [-0.25, -0.2) is 9.69 Å². The Morgan fingerprint density at radius 2 is 1.46 bits per heavy atom. The van der Waals surface area contributed by atoms with Crippen molar-refractivity contribution in [1.29, 1.82) is 0 Å². The van der Waals surface area contributed by atoms with Crippen molar-refractivity contribution in [3.05, 3.63) is 71.8 Å². The van der Waals surface area contributed by atoms with Gasteiger partial charge in [0.15, 0.2) is 5.60 Å². The van der Waals surface area contributed by atoms with E-state index in [-0.39, 0.29) is 11.8 Å². The first-order valence-electron chi connectivity index (χ1n) is 8.12. The predicted molar refractivity (Wildman–Crippen MR) is 91.3 cm³/mol. The van der Waals surface area contributed by atoms with Gasteiger partial charge in [-0.15, -0.1) is 0 Å². The molecular weight excluding hydrogens is 302 g/mol. The highest BCUT2D eigenvalue weighted by molar-refractivity contribution is 5.93. The molecule has 2 aromatic rings. The SMILES string of the molecule is CC(=O)N1C(=O)OC(c2ccccc2)(c2ccccc2)[C@@H]1C(C)C. The van der Waals surface area contributed by atoms with Crippen LogP contribution in [0.25, 0.3) is 0 Å². The number of hydrogen-bond acceptors (Lipinski definition) is 3. The van der Waals surface area contributed by atoms with E-state index in [1.54, 1.807) is 0 Å². The number of nitrogens with zero attached hydrogens (tertiary/aromatic N) is 1. The molecule has 2 aromatic carbocycles. The van der Waals surface area contributed by atoms with E-state index >= 15 is 0 Å². The zero-order chi connectivity index (χ0) is 17.3. The minimum Gasteiger partial charge on any atom is -0.430 e. The summed E-state index contributed by atoms with van der Waals surface area (Å²) < 4.78 is 5.94. The molecule has 24 heavy (non-hydrogen) atoms. The first-order valence-corrected chi connectivity index (χ1v) is 8.12. The van der Waals surface area contributed by atoms with Gasteiger partial charge in [0.25, 0.3) is 0 Å². The monoisotopic (exact) mass is 323 g/mol. The number of imide groups is 1. The first kappa shape index (κ1) is 16.2. The summed E-state index contributed by atoms with van der Waals surface area (Å²) in [6, 6.07) is 18.9. The lowest BCUT2D eigenvalue weighted by Gasteiger charge is -2.37. The second-order valence-electron chi connectivity index (χ2n) is 6.41. The minimum absolute atomic E-state index is 0.0285. The molecule has 1 aliphatic rings.